The van der Waals surface area contributed by atoms with E-state index in [1.807, 2.05) is 36.4 Å². The van der Waals surface area contributed by atoms with Gasteiger partial charge < -0.3 is 20.8 Å². The Kier molecular flexibility index (Phi) is 6.20. The SMILES string of the molecule is CCCCNCc1ccc2[nH]c(OC(N)=O)c(Sc3ccccc3)c2c1. The number of benzene rings is 2. The number of hydrogen-bond donors (Lipinski definition) is 3. The Morgan fingerprint density at radius 1 is 1.23 bits per heavy atom. The molecule has 0 bridgehead atoms. The van der Waals surface area contributed by atoms with Crippen LogP contribution < -0.4 is 15.8 Å². The summed E-state index contributed by atoms with van der Waals surface area (Å²) in [7, 11) is 0. The van der Waals surface area contributed by atoms with Crippen molar-refractivity contribution in [3.05, 3.63) is 54.1 Å². The minimum Gasteiger partial charge on any atom is -0.392 e. The summed E-state index contributed by atoms with van der Waals surface area (Å²) in [4.78, 5) is 16.4. The highest BCUT2D eigenvalue weighted by atomic mass is 32.2. The molecule has 0 saturated heterocycles. The van der Waals surface area contributed by atoms with Crippen molar-refractivity contribution in [2.75, 3.05) is 6.54 Å². The molecule has 0 unspecified atom stereocenters. The number of amides is 1. The average molecular weight is 369 g/mol. The molecule has 0 atom stereocenters. The molecule has 0 radical (unpaired) electrons. The van der Waals surface area contributed by atoms with Crippen molar-refractivity contribution in [1.29, 1.82) is 0 Å². The highest BCUT2D eigenvalue weighted by Gasteiger charge is 2.16. The molecule has 0 spiro atoms. The van der Waals surface area contributed by atoms with Crippen molar-refractivity contribution in [1.82, 2.24) is 10.3 Å². The smallest absolute Gasteiger partial charge is 0.392 e. The number of unbranched alkanes of at least 4 members (excludes halogenated alkanes) is 1. The summed E-state index contributed by atoms with van der Waals surface area (Å²) >= 11 is 1.55. The standard InChI is InChI=1S/C20H23N3O2S/c1-2-3-11-22-13-14-9-10-17-16(12-14)18(19(23-17)25-20(21)24)26-15-7-5-4-6-8-15/h4-10,12,22-23H,2-3,11,13H2,1H3,(H2,21,24). The second kappa shape index (κ2) is 8.78. The van der Waals surface area contributed by atoms with Crippen LogP contribution in [0.15, 0.2) is 58.3 Å². The summed E-state index contributed by atoms with van der Waals surface area (Å²) in [6.07, 6.45) is 1.51. The molecule has 26 heavy (non-hydrogen) atoms. The van der Waals surface area contributed by atoms with Crippen molar-refractivity contribution in [2.24, 2.45) is 5.73 Å². The van der Waals surface area contributed by atoms with E-state index in [1.54, 1.807) is 11.8 Å². The third-order valence-electron chi connectivity index (χ3n) is 3.99. The maximum atomic E-state index is 11.3. The monoisotopic (exact) mass is 369 g/mol. The van der Waals surface area contributed by atoms with E-state index in [0.29, 0.717) is 5.88 Å². The third-order valence-corrected chi connectivity index (χ3v) is 5.10. The average Bonchev–Trinajstić information content (AvgIpc) is 2.96. The number of carbonyl (C=O) groups is 1. The van der Waals surface area contributed by atoms with Gasteiger partial charge in [0.25, 0.3) is 0 Å². The number of hydrogen-bond acceptors (Lipinski definition) is 4. The normalized spacial score (nSPS) is 11.0. The molecule has 3 rings (SSSR count). The molecule has 0 fully saturated rings. The largest absolute Gasteiger partial charge is 0.411 e. The summed E-state index contributed by atoms with van der Waals surface area (Å²) in [6.45, 7) is 3.99. The lowest BCUT2D eigenvalue weighted by atomic mass is 10.1. The molecular formula is C20H23N3O2S. The third kappa shape index (κ3) is 4.59. The highest BCUT2D eigenvalue weighted by molar-refractivity contribution is 7.99. The Bertz CT molecular complexity index is 877. The molecule has 6 heteroatoms. The molecule has 4 N–H and O–H groups in total. The zero-order valence-corrected chi connectivity index (χ0v) is 15.6. The minimum atomic E-state index is -0.826. The fraction of sp³-hybridized carbons (Fsp3) is 0.250. The van der Waals surface area contributed by atoms with Crippen LogP contribution >= 0.6 is 11.8 Å². The second-order valence-corrected chi connectivity index (χ2v) is 7.11. The van der Waals surface area contributed by atoms with Gasteiger partial charge in [0.1, 0.15) is 0 Å². The first-order valence-electron chi connectivity index (χ1n) is 8.73. The van der Waals surface area contributed by atoms with E-state index in [2.05, 4.69) is 29.4 Å². The van der Waals surface area contributed by atoms with Crippen LogP contribution in [0.2, 0.25) is 0 Å². The number of carbonyl (C=O) groups excluding carboxylic acids is 1. The molecule has 5 nitrogen and oxygen atoms in total. The van der Waals surface area contributed by atoms with Crippen LogP contribution in [0.5, 0.6) is 5.88 Å². The highest BCUT2D eigenvalue weighted by Crippen LogP contribution is 2.41. The van der Waals surface area contributed by atoms with Crippen LogP contribution in [0.4, 0.5) is 4.79 Å². The Morgan fingerprint density at radius 2 is 2.04 bits per heavy atom. The maximum Gasteiger partial charge on any atom is 0.411 e. The molecule has 136 valence electrons. The van der Waals surface area contributed by atoms with Gasteiger partial charge in [0.15, 0.2) is 0 Å². The number of nitrogens with one attached hydrogen (secondary N) is 2. The van der Waals surface area contributed by atoms with E-state index in [9.17, 15) is 4.79 Å². The number of ether oxygens (including phenoxy) is 1. The Morgan fingerprint density at radius 3 is 2.77 bits per heavy atom. The van der Waals surface area contributed by atoms with E-state index in [0.717, 1.165) is 40.2 Å². The first-order chi connectivity index (χ1) is 12.7. The zero-order chi connectivity index (χ0) is 18.4. The van der Waals surface area contributed by atoms with Crippen molar-refractivity contribution in [3.8, 4) is 5.88 Å². The molecule has 0 aliphatic rings. The van der Waals surface area contributed by atoms with E-state index >= 15 is 0 Å². The quantitative estimate of drug-likeness (QED) is 0.504. The first-order valence-corrected chi connectivity index (χ1v) is 9.54. The lowest BCUT2D eigenvalue weighted by Gasteiger charge is -2.06. The van der Waals surface area contributed by atoms with Gasteiger partial charge in [-0.2, -0.15) is 0 Å². The van der Waals surface area contributed by atoms with Crippen molar-refractivity contribution >= 4 is 28.8 Å². The van der Waals surface area contributed by atoms with E-state index in [-0.39, 0.29) is 0 Å². The van der Waals surface area contributed by atoms with Crippen LogP contribution in [0, 0.1) is 0 Å². The fourth-order valence-electron chi connectivity index (χ4n) is 2.71. The number of H-pyrrole nitrogens is 1. The minimum absolute atomic E-state index is 0.387. The molecule has 0 saturated carbocycles. The van der Waals surface area contributed by atoms with Gasteiger partial charge in [-0.1, -0.05) is 49.4 Å². The molecule has 0 aliphatic heterocycles. The number of primary amides is 1. The van der Waals surface area contributed by atoms with Gasteiger partial charge in [0.2, 0.25) is 5.88 Å². The van der Waals surface area contributed by atoms with Crippen molar-refractivity contribution < 1.29 is 9.53 Å². The summed E-state index contributed by atoms with van der Waals surface area (Å²) in [5.41, 5.74) is 7.33. The van der Waals surface area contributed by atoms with Gasteiger partial charge in [-0.25, -0.2) is 4.79 Å². The van der Waals surface area contributed by atoms with Crippen molar-refractivity contribution in [3.63, 3.8) is 0 Å². The van der Waals surface area contributed by atoms with Gasteiger partial charge in [-0.3, -0.25) is 0 Å². The van der Waals surface area contributed by atoms with Gasteiger partial charge in [-0.05, 0) is 42.8 Å². The summed E-state index contributed by atoms with van der Waals surface area (Å²) < 4.78 is 5.20. The molecule has 1 amide bonds. The van der Waals surface area contributed by atoms with Crippen molar-refractivity contribution in [2.45, 2.75) is 36.1 Å². The lowest BCUT2D eigenvalue weighted by molar-refractivity contribution is 0.208. The molecule has 0 aliphatic carbocycles. The zero-order valence-electron chi connectivity index (χ0n) is 14.7. The number of rotatable bonds is 8. The molecule has 1 aromatic heterocycles. The Labute approximate surface area is 157 Å². The summed E-state index contributed by atoms with van der Waals surface area (Å²) in [5.74, 6) is 0.387. The number of aromatic nitrogens is 1. The van der Waals surface area contributed by atoms with E-state index < -0.39 is 6.09 Å². The molecule has 2 aromatic carbocycles. The summed E-state index contributed by atoms with van der Waals surface area (Å²) in [6, 6.07) is 16.2. The van der Waals surface area contributed by atoms with Crippen LogP contribution in [-0.2, 0) is 6.54 Å². The van der Waals surface area contributed by atoms with E-state index in [1.165, 1.54) is 12.0 Å². The number of aromatic amines is 1. The molecular weight excluding hydrogens is 346 g/mol. The van der Waals surface area contributed by atoms with E-state index in [4.69, 9.17) is 10.5 Å². The van der Waals surface area contributed by atoms with Gasteiger partial charge in [0.05, 0.1) is 4.90 Å². The van der Waals surface area contributed by atoms with Gasteiger partial charge in [0, 0.05) is 22.3 Å². The Hall–Kier alpha value is -2.44. The Balaban J connectivity index is 1.92. The molecule has 3 aromatic rings. The molecule has 1 heterocycles. The number of nitrogens with two attached hydrogens (primary N) is 1. The lowest BCUT2D eigenvalue weighted by Crippen LogP contribution is -2.16. The van der Waals surface area contributed by atoms with Gasteiger partial charge in [-0.15, -0.1) is 0 Å². The number of fused-ring (bicyclic) bond motifs is 1. The topological polar surface area (TPSA) is 80.1 Å². The summed E-state index contributed by atoms with van der Waals surface area (Å²) in [5, 5.41) is 4.47. The predicted molar refractivity (Wildman–Crippen MR) is 106 cm³/mol. The fourth-order valence-corrected chi connectivity index (χ4v) is 3.71. The van der Waals surface area contributed by atoms with Crippen LogP contribution in [-0.4, -0.2) is 17.6 Å². The van der Waals surface area contributed by atoms with Crippen LogP contribution in [0.3, 0.4) is 0 Å². The maximum absolute atomic E-state index is 11.3. The first kappa shape index (κ1) is 18.4. The van der Waals surface area contributed by atoms with Gasteiger partial charge >= 0.3 is 6.09 Å². The van der Waals surface area contributed by atoms with Crippen LogP contribution in [0.25, 0.3) is 10.9 Å². The predicted octanol–water partition coefficient (Wildman–Crippen LogP) is 4.67. The van der Waals surface area contributed by atoms with Crippen LogP contribution in [0.1, 0.15) is 25.3 Å². The second-order valence-electron chi connectivity index (χ2n) is 6.03.